The summed E-state index contributed by atoms with van der Waals surface area (Å²) < 4.78 is 29.5. The number of aliphatic hydroxyl groups is 1. The highest BCUT2D eigenvalue weighted by Gasteiger charge is 2.49. The summed E-state index contributed by atoms with van der Waals surface area (Å²) in [5.41, 5.74) is 5.07. The molecule has 4 atom stereocenters. The van der Waals surface area contributed by atoms with Crippen LogP contribution in [0.5, 0.6) is 0 Å². The van der Waals surface area contributed by atoms with Crippen LogP contribution in [0.4, 0.5) is 11.4 Å². The van der Waals surface area contributed by atoms with Gasteiger partial charge in [-0.05, 0) is 90.6 Å². The van der Waals surface area contributed by atoms with Gasteiger partial charge in [0.05, 0.1) is 34.7 Å². The molecule has 4 aromatic rings. The lowest BCUT2D eigenvalue weighted by Gasteiger charge is -2.39. The molecule has 5 amide bonds. The molecular formula is C41H37N5O8S. The zero-order valence-corrected chi connectivity index (χ0v) is 30.5. The minimum Gasteiger partial charge on any atom is -0.394 e. The quantitative estimate of drug-likeness (QED) is 0.151. The molecule has 0 bridgehead atoms. The van der Waals surface area contributed by atoms with Gasteiger partial charge in [-0.25, -0.2) is 8.42 Å². The predicted octanol–water partition coefficient (Wildman–Crippen LogP) is 4.25. The Bertz CT molecular complexity index is 2430. The molecule has 0 aromatic heterocycles. The lowest BCUT2D eigenvalue weighted by atomic mass is 9.82. The van der Waals surface area contributed by atoms with Gasteiger partial charge in [0.25, 0.3) is 11.8 Å². The third-order valence-corrected chi connectivity index (χ3v) is 12.7. The van der Waals surface area contributed by atoms with Gasteiger partial charge in [-0.1, -0.05) is 48.0 Å². The fraction of sp³-hybridized carbons (Fsp3) is 0.244. The molecule has 55 heavy (non-hydrogen) atoms. The Kier molecular flexibility index (Phi) is 9.19. The number of benzene rings is 4. The van der Waals surface area contributed by atoms with Crippen molar-refractivity contribution in [2.45, 2.75) is 49.2 Å². The molecule has 14 heteroatoms. The number of aryl methyl sites for hydroxylation is 1. The third-order valence-electron chi connectivity index (χ3n) is 10.8. The van der Waals surface area contributed by atoms with Crippen molar-refractivity contribution in [3.8, 4) is 11.1 Å². The van der Waals surface area contributed by atoms with Crippen molar-refractivity contribution in [2.75, 3.05) is 23.8 Å². The van der Waals surface area contributed by atoms with Crippen molar-refractivity contribution in [1.29, 1.82) is 0 Å². The molecule has 2 fully saturated rings. The van der Waals surface area contributed by atoms with Crippen LogP contribution in [0.3, 0.4) is 0 Å². The van der Waals surface area contributed by atoms with Gasteiger partial charge in [-0.15, -0.1) is 0 Å². The Hall–Kier alpha value is -5.96. The number of amides is 5. The molecule has 2 saturated heterocycles. The summed E-state index contributed by atoms with van der Waals surface area (Å²) in [6.07, 6.45) is 3.30. The first-order valence-corrected chi connectivity index (χ1v) is 19.4. The maximum atomic E-state index is 14.0. The van der Waals surface area contributed by atoms with Crippen molar-refractivity contribution >= 4 is 57.0 Å². The second kappa shape index (κ2) is 14.0. The van der Waals surface area contributed by atoms with Crippen molar-refractivity contribution in [3.63, 3.8) is 0 Å². The molecule has 0 spiro atoms. The van der Waals surface area contributed by atoms with Crippen LogP contribution in [-0.2, 0) is 24.4 Å². The molecule has 0 radical (unpaired) electrons. The minimum absolute atomic E-state index is 0.00508. The van der Waals surface area contributed by atoms with E-state index in [1.165, 1.54) is 18.2 Å². The number of rotatable bonds is 8. The van der Waals surface area contributed by atoms with Crippen LogP contribution in [0, 0.1) is 12.8 Å². The van der Waals surface area contributed by atoms with Gasteiger partial charge in [0.15, 0.2) is 0 Å². The van der Waals surface area contributed by atoms with Crippen LogP contribution in [-0.4, -0.2) is 77.5 Å². The fourth-order valence-corrected chi connectivity index (χ4v) is 9.79. The zero-order valence-electron chi connectivity index (χ0n) is 29.7. The number of nitrogens with zero attached hydrogens (tertiary/aromatic N) is 2. The molecule has 4 heterocycles. The zero-order chi connectivity index (χ0) is 38.6. The number of hydrogen-bond acceptors (Lipinski definition) is 9. The van der Waals surface area contributed by atoms with Crippen LogP contribution in [0.25, 0.3) is 17.2 Å². The molecule has 0 saturated carbocycles. The van der Waals surface area contributed by atoms with Crippen LogP contribution in [0.2, 0.25) is 0 Å². The first-order chi connectivity index (χ1) is 26.4. The highest BCUT2D eigenvalue weighted by atomic mass is 32.2. The Morgan fingerprint density at radius 1 is 0.927 bits per heavy atom. The number of piperidine rings is 1. The van der Waals surface area contributed by atoms with E-state index >= 15 is 0 Å². The summed E-state index contributed by atoms with van der Waals surface area (Å²) in [5, 5.41) is 18.7. The average Bonchev–Trinajstić information content (AvgIpc) is 3.74. The summed E-state index contributed by atoms with van der Waals surface area (Å²) >= 11 is 0. The molecule has 1 unspecified atom stereocenters. The lowest BCUT2D eigenvalue weighted by Crippen LogP contribution is -2.54. The number of carbonyl (C=O) groups excluding carboxylic acids is 5. The highest BCUT2D eigenvalue weighted by Crippen LogP contribution is 2.49. The maximum Gasteiger partial charge on any atom is 0.262 e. The average molecular weight is 760 g/mol. The minimum atomic E-state index is -3.84. The van der Waals surface area contributed by atoms with Crippen molar-refractivity contribution in [2.24, 2.45) is 5.92 Å². The van der Waals surface area contributed by atoms with E-state index in [1.54, 1.807) is 58.9 Å². The van der Waals surface area contributed by atoms with Gasteiger partial charge in [0.2, 0.25) is 27.7 Å². The molecule has 13 nitrogen and oxygen atoms in total. The van der Waals surface area contributed by atoms with Gasteiger partial charge in [-0.3, -0.25) is 34.2 Å². The lowest BCUT2D eigenvalue weighted by molar-refractivity contribution is -0.136. The topological polar surface area (TPSA) is 182 Å². The molecule has 0 aliphatic carbocycles. The number of sulfonamides is 1. The van der Waals surface area contributed by atoms with Crippen LogP contribution < -0.4 is 16.0 Å². The largest absolute Gasteiger partial charge is 0.394 e. The molecule has 8 rings (SSSR count). The second-order valence-corrected chi connectivity index (χ2v) is 16.1. The van der Waals surface area contributed by atoms with Crippen molar-refractivity contribution in [3.05, 3.63) is 119 Å². The summed E-state index contributed by atoms with van der Waals surface area (Å²) in [4.78, 5) is 65.0. The number of carbonyl (C=O) groups is 5. The third kappa shape index (κ3) is 6.41. The molecule has 280 valence electrons. The summed E-state index contributed by atoms with van der Waals surface area (Å²) in [7, 11) is -3.84. The fourth-order valence-electron chi connectivity index (χ4n) is 8.12. The van der Waals surface area contributed by atoms with Crippen molar-refractivity contribution in [1.82, 2.24) is 14.5 Å². The predicted molar refractivity (Wildman–Crippen MR) is 203 cm³/mol. The van der Waals surface area contributed by atoms with E-state index in [0.717, 1.165) is 32.8 Å². The number of nitrogens with one attached hydrogen (secondary N) is 3. The summed E-state index contributed by atoms with van der Waals surface area (Å²) in [6, 6.07) is 22.5. The smallest absolute Gasteiger partial charge is 0.262 e. The molecule has 4 aliphatic heterocycles. The second-order valence-electron chi connectivity index (χ2n) is 14.2. The number of aliphatic hydroxyl groups excluding tert-OH is 1. The first kappa shape index (κ1) is 36.0. The standard InChI is InChI=1S/C41H37N5O8S/c1-23-8-12-28(13-9-23)55(53,54)45-19-18-29-33(22-47)43-32-14-10-26(21-31(32)38(29)45)25-5-2-6-27(20-25)42-35(48)16-11-24-4-3-7-30-37(24)41(52)46(40(30)51)34-15-17-36(49)44-39(34)50/h2-14,16,20-21,29,33-34,38,43,47H,15,17-19,22H2,1H3,(H,42,48)(H,44,49,50)/t29-,33+,34?,38-/m1/s1. The Morgan fingerprint density at radius 2 is 1.69 bits per heavy atom. The maximum absolute atomic E-state index is 14.0. The molecular weight excluding hydrogens is 723 g/mol. The monoisotopic (exact) mass is 759 g/mol. The van der Waals surface area contributed by atoms with Crippen LogP contribution >= 0.6 is 0 Å². The van der Waals surface area contributed by atoms with Gasteiger partial charge >= 0.3 is 0 Å². The van der Waals surface area contributed by atoms with Gasteiger partial charge in [0.1, 0.15) is 6.04 Å². The van der Waals surface area contributed by atoms with E-state index in [0.29, 0.717) is 24.2 Å². The normalized spacial score (nSPS) is 22.3. The van der Waals surface area contributed by atoms with E-state index in [9.17, 15) is 37.5 Å². The van der Waals surface area contributed by atoms with E-state index in [1.807, 2.05) is 31.2 Å². The summed E-state index contributed by atoms with van der Waals surface area (Å²) in [6.45, 7) is 2.08. The number of hydrogen-bond donors (Lipinski definition) is 4. The van der Waals surface area contributed by atoms with Gasteiger partial charge in [-0.2, -0.15) is 4.31 Å². The molecule has 4 aromatic carbocycles. The van der Waals surface area contributed by atoms with Crippen LogP contribution in [0.1, 0.15) is 62.7 Å². The summed E-state index contributed by atoms with van der Waals surface area (Å²) in [5.74, 6) is -3.12. The molecule has 4 aliphatic rings. The van der Waals surface area contributed by atoms with E-state index in [2.05, 4.69) is 16.0 Å². The van der Waals surface area contributed by atoms with Gasteiger partial charge in [0, 0.05) is 36.3 Å². The van der Waals surface area contributed by atoms with E-state index < -0.39 is 51.6 Å². The van der Waals surface area contributed by atoms with E-state index in [4.69, 9.17) is 0 Å². The Morgan fingerprint density at radius 3 is 2.45 bits per heavy atom. The van der Waals surface area contributed by atoms with Crippen LogP contribution in [0.15, 0.2) is 95.9 Å². The number of imide groups is 2. The SMILES string of the molecule is Cc1ccc(S(=O)(=O)N2CC[C@@H]3[C@H](CO)Nc4ccc(-c5cccc(NC(=O)C=Cc6cccc7c6C(=O)N(C6CCC(=O)NC6=O)C7=O)c5)cc4[C@@H]32)cc1. The highest BCUT2D eigenvalue weighted by molar-refractivity contribution is 7.89. The Balaban J connectivity index is 1.02. The number of fused-ring (bicyclic) bond motifs is 4. The number of anilines is 2. The van der Waals surface area contributed by atoms with Crippen molar-refractivity contribution < 1.29 is 37.5 Å². The Labute approximate surface area is 317 Å². The van der Waals surface area contributed by atoms with Gasteiger partial charge < -0.3 is 15.7 Å². The van der Waals surface area contributed by atoms with E-state index in [-0.39, 0.29) is 47.4 Å². The first-order valence-electron chi connectivity index (χ1n) is 18.0. The molecule has 4 N–H and O–H groups in total.